The fourth-order valence-corrected chi connectivity index (χ4v) is 2.96. The van der Waals surface area contributed by atoms with Crippen molar-refractivity contribution in [3.05, 3.63) is 0 Å². The highest BCUT2D eigenvalue weighted by molar-refractivity contribution is 5.79. The lowest BCUT2D eigenvalue weighted by atomic mass is 9.99. The Bertz CT molecular complexity index is 258. The average molecular weight is 253 g/mol. The Morgan fingerprint density at radius 2 is 2.11 bits per heavy atom. The monoisotopic (exact) mass is 253 g/mol. The maximum Gasteiger partial charge on any atom is 0.224 e. The average Bonchev–Trinajstić information content (AvgIpc) is 2.46. The van der Waals surface area contributed by atoms with Crippen molar-refractivity contribution in [1.82, 2.24) is 15.5 Å². The lowest BCUT2D eigenvalue weighted by molar-refractivity contribution is -0.125. The summed E-state index contributed by atoms with van der Waals surface area (Å²) < 4.78 is 0. The summed E-state index contributed by atoms with van der Waals surface area (Å²) in [5, 5.41) is 6.42. The van der Waals surface area contributed by atoms with E-state index in [9.17, 15) is 4.79 Å². The van der Waals surface area contributed by atoms with Crippen molar-refractivity contribution in [1.29, 1.82) is 0 Å². The molecule has 4 nitrogen and oxygen atoms in total. The second-order valence-electron chi connectivity index (χ2n) is 5.73. The standard InChI is InChI=1S/C14H27N3O/c1-12(17-8-3-2-4-9-17)10-16-14(18)13-6-5-7-15-11-13/h12-13,15H,2-11H2,1H3,(H,16,18)/t12?,13-/m1/s1. The van der Waals surface area contributed by atoms with Gasteiger partial charge in [-0.25, -0.2) is 0 Å². The van der Waals surface area contributed by atoms with E-state index in [2.05, 4.69) is 22.5 Å². The van der Waals surface area contributed by atoms with E-state index in [4.69, 9.17) is 0 Å². The van der Waals surface area contributed by atoms with Crippen molar-refractivity contribution in [2.75, 3.05) is 32.7 Å². The molecule has 2 aliphatic heterocycles. The zero-order valence-corrected chi connectivity index (χ0v) is 11.6. The number of hydrogen-bond donors (Lipinski definition) is 2. The predicted molar refractivity (Wildman–Crippen MR) is 73.5 cm³/mol. The van der Waals surface area contributed by atoms with Gasteiger partial charge in [0.15, 0.2) is 0 Å². The predicted octanol–water partition coefficient (Wildman–Crippen LogP) is 0.977. The van der Waals surface area contributed by atoms with Crippen molar-refractivity contribution < 1.29 is 4.79 Å². The minimum atomic E-state index is 0.187. The molecular formula is C14H27N3O. The quantitative estimate of drug-likeness (QED) is 0.785. The molecule has 0 saturated carbocycles. The van der Waals surface area contributed by atoms with Gasteiger partial charge < -0.3 is 10.6 Å². The number of amides is 1. The molecule has 0 radical (unpaired) electrons. The molecule has 2 atom stereocenters. The van der Waals surface area contributed by atoms with Gasteiger partial charge in [-0.1, -0.05) is 6.42 Å². The number of carbonyl (C=O) groups is 1. The summed E-state index contributed by atoms with van der Waals surface area (Å²) in [5.41, 5.74) is 0. The van der Waals surface area contributed by atoms with Crippen LogP contribution in [0.3, 0.4) is 0 Å². The van der Waals surface area contributed by atoms with Crippen molar-refractivity contribution in [2.24, 2.45) is 5.92 Å². The third kappa shape index (κ3) is 3.95. The molecule has 0 aromatic heterocycles. The van der Waals surface area contributed by atoms with E-state index in [1.165, 1.54) is 32.4 Å². The number of likely N-dealkylation sites (tertiary alicyclic amines) is 1. The van der Waals surface area contributed by atoms with E-state index in [0.717, 1.165) is 32.5 Å². The number of nitrogens with one attached hydrogen (secondary N) is 2. The molecule has 0 aliphatic carbocycles. The van der Waals surface area contributed by atoms with Gasteiger partial charge in [0.1, 0.15) is 0 Å². The maximum atomic E-state index is 12.0. The van der Waals surface area contributed by atoms with Gasteiger partial charge in [0.2, 0.25) is 5.91 Å². The summed E-state index contributed by atoms with van der Waals surface area (Å²) in [5.74, 6) is 0.429. The van der Waals surface area contributed by atoms with Crippen molar-refractivity contribution in [3.63, 3.8) is 0 Å². The van der Waals surface area contributed by atoms with Crippen LogP contribution in [0.5, 0.6) is 0 Å². The lowest BCUT2D eigenvalue weighted by Crippen LogP contribution is -2.47. The Kier molecular flexibility index (Phi) is 5.45. The van der Waals surface area contributed by atoms with Crippen LogP contribution < -0.4 is 10.6 Å². The van der Waals surface area contributed by atoms with E-state index < -0.39 is 0 Å². The van der Waals surface area contributed by atoms with Crippen LogP contribution >= 0.6 is 0 Å². The molecule has 2 aliphatic rings. The normalized spacial score (nSPS) is 27.7. The molecule has 0 aromatic rings. The molecule has 2 saturated heterocycles. The van der Waals surface area contributed by atoms with Crippen molar-refractivity contribution >= 4 is 5.91 Å². The number of piperidine rings is 2. The molecule has 2 heterocycles. The molecule has 2 N–H and O–H groups in total. The fraction of sp³-hybridized carbons (Fsp3) is 0.929. The van der Waals surface area contributed by atoms with Crippen LogP contribution in [-0.4, -0.2) is 49.6 Å². The van der Waals surface area contributed by atoms with Crippen LogP contribution in [0.25, 0.3) is 0 Å². The first kappa shape index (κ1) is 13.8. The van der Waals surface area contributed by atoms with Crippen LogP contribution in [0.4, 0.5) is 0 Å². The topological polar surface area (TPSA) is 44.4 Å². The summed E-state index contributed by atoms with van der Waals surface area (Å²) in [4.78, 5) is 14.5. The Balaban J connectivity index is 1.67. The largest absolute Gasteiger partial charge is 0.354 e. The molecule has 0 spiro atoms. The van der Waals surface area contributed by atoms with Gasteiger partial charge in [-0.3, -0.25) is 9.69 Å². The van der Waals surface area contributed by atoms with E-state index >= 15 is 0 Å². The molecule has 18 heavy (non-hydrogen) atoms. The second-order valence-corrected chi connectivity index (χ2v) is 5.73. The van der Waals surface area contributed by atoms with Crippen LogP contribution in [0.15, 0.2) is 0 Å². The van der Waals surface area contributed by atoms with E-state index in [-0.39, 0.29) is 11.8 Å². The summed E-state index contributed by atoms with van der Waals surface area (Å²) in [6.45, 7) is 7.34. The van der Waals surface area contributed by atoms with Crippen LogP contribution in [-0.2, 0) is 4.79 Å². The highest BCUT2D eigenvalue weighted by Crippen LogP contribution is 2.12. The number of carbonyl (C=O) groups excluding carboxylic acids is 1. The molecule has 2 fully saturated rings. The molecule has 1 unspecified atom stereocenters. The van der Waals surface area contributed by atoms with Gasteiger partial charge in [0.25, 0.3) is 0 Å². The van der Waals surface area contributed by atoms with E-state index in [0.29, 0.717) is 6.04 Å². The Morgan fingerprint density at radius 1 is 1.33 bits per heavy atom. The molecule has 104 valence electrons. The van der Waals surface area contributed by atoms with Gasteiger partial charge in [0.05, 0.1) is 5.92 Å². The zero-order valence-electron chi connectivity index (χ0n) is 11.6. The van der Waals surface area contributed by atoms with Crippen LogP contribution in [0, 0.1) is 5.92 Å². The first-order valence-corrected chi connectivity index (χ1v) is 7.50. The molecular weight excluding hydrogens is 226 g/mol. The summed E-state index contributed by atoms with van der Waals surface area (Å²) in [6.07, 6.45) is 6.15. The molecule has 1 amide bonds. The molecule has 4 heteroatoms. The van der Waals surface area contributed by atoms with E-state index in [1.807, 2.05) is 0 Å². The van der Waals surface area contributed by atoms with Gasteiger partial charge >= 0.3 is 0 Å². The fourth-order valence-electron chi connectivity index (χ4n) is 2.96. The van der Waals surface area contributed by atoms with Gasteiger partial charge in [-0.2, -0.15) is 0 Å². The number of rotatable bonds is 4. The Labute approximate surface area is 110 Å². The van der Waals surface area contributed by atoms with Crippen LogP contribution in [0.1, 0.15) is 39.0 Å². The van der Waals surface area contributed by atoms with E-state index in [1.54, 1.807) is 0 Å². The third-order valence-electron chi connectivity index (χ3n) is 4.25. The molecule has 2 rings (SSSR count). The first-order valence-electron chi connectivity index (χ1n) is 7.50. The first-order chi connectivity index (χ1) is 8.77. The zero-order chi connectivity index (χ0) is 12.8. The third-order valence-corrected chi connectivity index (χ3v) is 4.25. The van der Waals surface area contributed by atoms with Crippen molar-refractivity contribution in [3.8, 4) is 0 Å². The molecule has 0 aromatic carbocycles. The number of nitrogens with zero attached hydrogens (tertiary/aromatic N) is 1. The second kappa shape index (κ2) is 7.10. The highest BCUT2D eigenvalue weighted by atomic mass is 16.1. The number of hydrogen-bond acceptors (Lipinski definition) is 3. The summed E-state index contributed by atoms with van der Waals surface area (Å²) in [6, 6.07) is 0.478. The summed E-state index contributed by atoms with van der Waals surface area (Å²) in [7, 11) is 0. The van der Waals surface area contributed by atoms with Crippen molar-refractivity contribution in [2.45, 2.75) is 45.1 Å². The summed E-state index contributed by atoms with van der Waals surface area (Å²) >= 11 is 0. The van der Waals surface area contributed by atoms with Gasteiger partial charge in [0, 0.05) is 19.1 Å². The molecule has 0 bridgehead atoms. The maximum absolute atomic E-state index is 12.0. The minimum absolute atomic E-state index is 0.187. The minimum Gasteiger partial charge on any atom is -0.354 e. The van der Waals surface area contributed by atoms with Gasteiger partial charge in [-0.05, 0) is 52.2 Å². The van der Waals surface area contributed by atoms with Crippen LogP contribution in [0.2, 0.25) is 0 Å². The SMILES string of the molecule is CC(CNC(=O)[C@@H]1CCCNC1)N1CCCCC1. The Morgan fingerprint density at radius 3 is 2.78 bits per heavy atom. The van der Waals surface area contributed by atoms with Gasteiger partial charge in [-0.15, -0.1) is 0 Å². The Hall–Kier alpha value is -0.610. The highest BCUT2D eigenvalue weighted by Gasteiger charge is 2.22. The lowest BCUT2D eigenvalue weighted by Gasteiger charge is -2.33. The smallest absolute Gasteiger partial charge is 0.224 e.